The molecule has 4 heteroatoms. The Bertz CT molecular complexity index is 843. The number of piperidine rings is 1. The van der Waals surface area contributed by atoms with Crippen LogP contribution in [0.4, 0.5) is 5.69 Å². The van der Waals surface area contributed by atoms with E-state index in [-0.39, 0.29) is 17.9 Å². The minimum absolute atomic E-state index is 0.0761. The van der Waals surface area contributed by atoms with Gasteiger partial charge in [0.2, 0.25) is 5.91 Å². The van der Waals surface area contributed by atoms with Gasteiger partial charge in [0.25, 0.3) is 5.91 Å². The van der Waals surface area contributed by atoms with Crippen LogP contribution in [-0.2, 0) is 4.79 Å². The molecule has 2 aromatic rings. The number of nitrogens with one attached hydrogen (secondary N) is 1. The molecule has 0 bridgehead atoms. The lowest BCUT2D eigenvalue weighted by atomic mass is 10.0. The van der Waals surface area contributed by atoms with E-state index < -0.39 is 0 Å². The predicted molar refractivity (Wildman–Crippen MR) is 110 cm³/mol. The lowest BCUT2D eigenvalue weighted by Crippen LogP contribution is -2.42. The highest BCUT2D eigenvalue weighted by Gasteiger charge is 2.24. The number of carbonyl (C=O) groups excluding carboxylic acids is 2. The molecule has 0 aliphatic carbocycles. The minimum Gasteiger partial charge on any atom is -0.336 e. The molecule has 3 rings (SSSR count). The van der Waals surface area contributed by atoms with E-state index in [9.17, 15) is 9.59 Å². The van der Waals surface area contributed by atoms with Crippen molar-refractivity contribution in [2.45, 2.75) is 39.2 Å². The van der Waals surface area contributed by atoms with Gasteiger partial charge in [-0.15, -0.1) is 0 Å². The van der Waals surface area contributed by atoms with E-state index in [0.717, 1.165) is 36.2 Å². The molecule has 1 aliphatic heterocycles. The molecule has 0 radical (unpaired) electrons. The summed E-state index contributed by atoms with van der Waals surface area (Å²) in [4.78, 5) is 26.9. The maximum atomic E-state index is 12.8. The number of hydrogen-bond donors (Lipinski definition) is 1. The highest BCUT2D eigenvalue weighted by atomic mass is 16.2. The molecule has 1 fully saturated rings. The van der Waals surface area contributed by atoms with Gasteiger partial charge in [0.05, 0.1) is 0 Å². The lowest BCUT2D eigenvalue weighted by molar-refractivity contribution is -0.111. The number of hydrogen-bond acceptors (Lipinski definition) is 2. The Balaban J connectivity index is 1.66. The molecule has 0 saturated carbocycles. The van der Waals surface area contributed by atoms with E-state index in [1.165, 1.54) is 12.5 Å². The van der Waals surface area contributed by atoms with Gasteiger partial charge >= 0.3 is 0 Å². The number of amides is 2. The largest absolute Gasteiger partial charge is 0.336 e. The zero-order valence-electron chi connectivity index (χ0n) is 15.9. The molecule has 140 valence electrons. The lowest BCUT2D eigenvalue weighted by Gasteiger charge is -2.33. The first-order valence-electron chi connectivity index (χ1n) is 9.50. The average Bonchev–Trinajstić information content (AvgIpc) is 2.68. The Morgan fingerprint density at radius 2 is 1.89 bits per heavy atom. The smallest absolute Gasteiger partial charge is 0.254 e. The maximum absolute atomic E-state index is 12.8. The summed E-state index contributed by atoms with van der Waals surface area (Å²) >= 11 is 0. The first-order chi connectivity index (χ1) is 13.0. The number of rotatable bonds is 4. The van der Waals surface area contributed by atoms with Crippen molar-refractivity contribution in [1.29, 1.82) is 0 Å². The molecular formula is C23H26N2O2. The second-order valence-electron chi connectivity index (χ2n) is 7.11. The molecule has 1 heterocycles. The van der Waals surface area contributed by atoms with Crippen LogP contribution in [0.15, 0.2) is 54.6 Å². The molecule has 1 saturated heterocycles. The van der Waals surface area contributed by atoms with Gasteiger partial charge in [-0.05, 0) is 68.5 Å². The fraction of sp³-hybridized carbons (Fsp3) is 0.304. The standard InChI is InChI=1S/C23H26N2O2/c1-17-16-20(23(27)25-15-7-6-8-18(25)2)12-13-21(17)24-22(26)14-11-19-9-4-3-5-10-19/h3-5,9-14,16,18H,6-8,15H2,1-2H3,(H,24,26)/b14-11+. The summed E-state index contributed by atoms with van der Waals surface area (Å²) in [5.74, 6) is -0.113. The first kappa shape index (κ1) is 18.9. The third kappa shape index (κ3) is 4.85. The summed E-state index contributed by atoms with van der Waals surface area (Å²) in [5.41, 5.74) is 3.26. The number of anilines is 1. The van der Waals surface area contributed by atoms with Crippen LogP contribution in [0.5, 0.6) is 0 Å². The van der Waals surface area contributed by atoms with Crippen molar-refractivity contribution in [3.05, 3.63) is 71.3 Å². The molecule has 4 nitrogen and oxygen atoms in total. The van der Waals surface area contributed by atoms with Gasteiger partial charge in [0.15, 0.2) is 0 Å². The third-order valence-electron chi connectivity index (χ3n) is 5.02. The van der Waals surface area contributed by atoms with Crippen molar-refractivity contribution in [3.63, 3.8) is 0 Å². The summed E-state index contributed by atoms with van der Waals surface area (Å²) in [7, 11) is 0. The highest BCUT2D eigenvalue weighted by molar-refractivity contribution is 6.03. The van der Waals surface area contributed by atoms with Crippen LogP contribution >= 0.6 is 0 Å². The van der Waals surface area contributed by atoms with Gasteiger partial charge in [-0.25, -0.2) is 0 Å². The van der Waals surface area contributed by atoms with E-state index in [4.69, 9.17) is 0 Å². The number of likely N-dealkylation sites (tertiary alicyclic amines) is 1. The molecule has 0 aromatic heterocycles. The van der Waals surface area contributed by atoms with Gasteiger partial charge in [-0.3, -0.25) is 9.59 Å². The molecule has 1 aliphatic rings. The van der Waals surface area contributed by atoms with Crippen LogP contribution in [0.25, 0.3) is 6.08 Å². The topological polar surface area (TPSA) is 49.4 Å². The highest BCUT2D eigenvalue weighted by Crippen LogP contribution is 2.22. The SMILES string of the molecule is Cc1cc(C(=O)N2CCCCC2C)ccc1NC(=O)/C=C/c1ccccc1. The van der Waals surface area contributed by atoms with E-state index in [1.54, 1.807) is 12.1 Å². The summed E-state index contributed by atoms with van der Waals surface area (Å²) in [6, 6.07) is 15.4. The Kier molecular flexibility index (Phi) is 6.07. The van der Waals surface area contributed by atoms with Crippen LogP contribution in [-0.4, -0.2) is 29.3 Å². The van der Waals surface area contributed by atoms with Gasteiger partial charge in [0.1, 0.15) is 0 Å². The first-order valence-corrected chi connectivity index (χ1v) is 9.50. The fourth-order valence-electron chi connectivity index (χ4n) is 3.41. The number of benzene rings is 2. The van der Waals surface area contributed by atoms with Crippen molar-refractivity contribution in [3.8, 4) is 0 Å². The van der Waals surface area contributed by atoms with Gasteiger partial charge in [-0.2, -0.15) is 0 Å². The minimum atomic E-state index is -0.189. The van der Waals surface area contributed by atoms with Crippen molar-refractivity contribution >= 4 is 23.6 Å². The zero-order chi connectivity index (χ0) is 19.2. The van der Waals surface area contributed by atoms with Crippen molar-refractivity contribution < 1.29 is 9.59 Å². The monoisotopic (exact) mass is 362 g/mol. The van der Waals surface area contributed by atoms with Gasteiger partial charge in [-0.1, -0.05) is 30.3 Å². The molecular weight excluding hydrogens is 336 g/mol. The Hall–Kier alpha value is -2.88. The Labute approximate surface area is 160 Å². The van der Waals surface area contributed by atoms with E-state index >= 15 is 0 Å². The normalized spacial score (nSPS) is 17.1. The number of nitrogens with zero attached hydrogens (tertiary/aromatic N) is 1. The molecule has 1 N–H and O–H groups in total. The quantitative estimate of drug-likeness (QED) is 0.804. The summed E-state index contributed by atoms with van der Waals surface area (Å²) in [6.45, 7) is 4.84. The van der Waals surface area contributed by atoms with Crippen LogP contribution in [0.2, 0.25) is 0 Å². The van der Waals surface area contributed by atoms with Crippen molar-refractivity contribution in [1.82, 2.24) is 4.90 Å². The molecule has 2 aromatic carbocycles. The average molecular weight is 362 g/mol. The van der Waals surface area contributed by atoms with Crippen molar-refractivity contribution in [2.24, 2.45) is 0 Å². The molecule has 1 atom stereocenters. The predicted octanol–water partition coefficient (Wildman–Crippen LogP) is 4.66. The van der Waals surface area contributed by atoms with Gasteiger partial charge < -0.3 is 10.2 Å². The summed E-state index contributed by atoms with van der Waals surface area (Å²) in [5, 5.41) is 2.88. The second-order valence-corrected chi connectivity index (χ2v) is 7.11. The summed E-state index contributed by atoms with van der Waals surface area (Å²) < 4.78 is 0. The van der Waals surface area contributed by atoms with E-state index in [2.05, 4.69) is 12.2 Å². The fourth-order valence-corrected chi connectivity index (χ4v) is 3.41. The van der Waals surface area contributed by atoms with E-state index in [1.807, 2.05) is 54.3 Å². The zero-order valence-corrected chi connectivity index (χ0v) is 15.9. The number of carbonyl (C=O) groups is 2. The molecule has 27 heavy (non-hydrogen) atoms. The van der Waals surface area contributed by atoms with Crippen molar-refractivity contribution in [2.75, 3.05) is 11.9 Å². The summed E-state index contributed by atoms with van der Waals surface area (Å²) in [6.07, 6.45) is 6.61. The Morgan fingerprint density at radius 1 is 1.11 bits per heavy atom. The molecule has 0 spiro atoms. The Morgan fingerprint density at radius 3 is 2.59 bits per heavy atom. The second kappa shape index (κ2) is 8.67. The van der Waals surface area contributed by atoms with E-state index in [0.29, 0.717) is 5.56 Å². The van der Waals surface area contributed by atoms with Crippen LogP contribution in [0, 0.1) is 6.92 Å². The van der Waals surface area contributed by atoms with Crippen LogP contribution in [0.3, 0.4) is 0 Å². The number of aryl methyl sites for hydroxylation is 1. The van der Waals surface area contributed by atoms with Gasteiger partial charge in [0, 0.05) is 29.9 Å². The maximum Gasteiger partial charge on any atom is 0.254 e. The van der Waals surface area contributed by atoms with Crippen LogP contribution in [0.1, 0.15) is 47.7 Å². The molecule has 2 amide bonds. The third-order valence-corrected chi connectivity index (χ3v) is 5.02. The van der Waals surface area contributed by atoms with Crippen LogP contribution < -0.4 is 5.32 Å². The molecule has 1 unspecified atom stereocenters.